The fraction of sp³-hybridized carbons (Fsp3) is 0.714. The SMILES string of the molecule is CC(C)c1[nH]c(C(C)(C)C)c2c1CCC2. The van der Waals surface area contributed by atoms with Crippen LogP contribution in [0.2, 0.25) is 0 Å². The lowest BCUT2D eigenvalue weighted by molar-refractivity contribution is 0.562. The summed E-state index contributed by atoms with van der Waals surface area (Å²) in [4.78, 5) is 3.69. The molecule has 0 atom stereocenters. The molecule has 1 heterocycles. The van der Waals surface area contributed by atoms with Gasteiger partial charge in [-0.15, -0.1) is 0 Å². The summed E-state index contributed by atoms with van der Waals surface area (Å²) in [6, 6.07) is 0. The second-order valence-electron chi connectivity index (χ2n) is 6.13. The Balaban J connectivity index is 2.54. The van der Waals surface area contributed by atoms with E-state index in [0.717, 1.165) is 0 Å². The fourth-order valence-corrected chi connectivity index (χ4v) is 2.74. The maximum Gasteiger partial charge on any atom is 0.0239 e. The Morgan fingerprint density at radius 3 is 2.20 bits per heavy atom. The number of aromatic amines is 1. The maximum absolute atomic E-state index is 3.69. The molecule has 0 saturated heterocycles. The Bertz CT molecular complexity index is 363. The van der Waals surface area contributed by atoms with E-state index < -0.39 is 0 Å². The average Bonchev–Trinajstić information content (AvgIpc) is 2.57. The summed E-state index contributed by atoms with van der Waals surface area (Å²) in [5, 5.41) is 0. The van der Waals surface area contributed by atoms with Crippen LogP contribution >= 0.6 is 0 Å². The zero-order valence-electron chi connectivity index (χ0n) is 10.7. The number of fused-ring (bicyclic) bond motifs is 1. The van der Waals surface area contributed by atoms with E-state index in [4.69, 9.17) is 0 Å². The summed E-state index contributed by atoms with van der Waals surface area (Å²) in [7, 11) is 0. The summed E-state index contributed by atoms with van der Waals surface area (Å²) in [6.07, 6.45) is 3.92. The molecule has 1 aromatic heterocycles. The van der Waals surface area contributed by atoms with Gasteiger partial charge in [0, 0.05) is 16.8 Å². The van der Waals surface area contributed by atoms with Gasteiger partial charge in [0.05, 0.1) is 0 Å². The Morgan fingerprint density at radius 2 is 1.67 bits per heavy atom. The molecule has 0 spiro atoms. The summed E-state index contributed by atoms with van der Waals surface area (Å²) in [6.45, 7) is 11.5. The third-order valence-corrected chi connectivity index (χ3v) is 3.43. The highest BCUT2D eigenvalue weighted by Crippen LogP contribution is 2.37. The molecule has 1 aliphatic rings. The fourth-order valence-electron chi connectivity index (χ4n) is 2.74. The Morgan fingerprint density at radius 1 is 1.07 bits per heavy atom. The molecule has 1 nitrogen and oxygen atoms in total. The highest BCUT2D eigenvalue weighted by molar-refractivity contribution is 5.44. The Labute approximate surface area is 93.3 Å². The van der Waals surface area contributed by atoms with Crippen molar-refractivity contribution in [1.29, 1.82) is 0 Å². The first kappa shape index (κ1) is 10.8. The van der Waals surface area contributed by atoms with Crippen molar-refractivity contribution in [3.8, 4) is 0 Å². The minimum Gasteiger partial charge on any atom is -0.361 e. The predicted octanol–water partition coefficient (Wildman–Crippen LogP) is 3.92. The molecule has 0 radical (unpaired) electrons. The van der Waals surface area contributed by atoms with E-state index in [1.165, 1.54) is 30.7 Å². The van der Waals surface area contributed by atoms with Gasteiger partial charge in [-0.1, -0.05) is 34.6 Å². The molecule has 1 N–H and O–H groups in total. The van der Waals surface area contributed by atoms with Crippen molar-refractivity contribution in [2.75, 3.05) is 0 Å². The minimum absolute atomic E-state index is 0.265. The van der Waals surface area contributed by atoms with Crippen LogP contribution < -0.4 is 0 Å². The second-order valence-corrected chi connectivity index (χ2v) is 6.13. The summed E-state index contributed by atoms with van der Waals surface area (Å²) >= 11 is 0. The molecule has 15 heavy (non-hydrogen) atoms. The molecule has 0 unspecified atom stereocenters. The highest BCUT2D eigenvalue weighted by atomic mass is 14.8. The lowest BCUT2D eigenvalue weighted by atomic mass is 9.89. The number of hydrogen-bond acceptors (Lipinski definition) is 0. The predicted molar refractivity (Wildman–Crippen MR) is 65.6 cm³/mol. The Hall–Kier alpha value is -0.720. The van der Waals surface area contributed by atoms with E-state index in [0.29, 0.717) is 5.92 Å². The van der Waals surface area contributed by atoms with Gasteiger partial charge < -0.3 is 4.98 Å². The third-order valence-electron chi connectivity index (χ3n) is 3.43. The lowest BCUT2D eigenvalue weighted by Gasteiger charge is -2.19. The molecule has 2 rings (SSSR count). The van der Waals surface area contributed by atoms with Crippen LogP contribution in [-0.2, 0) is 18.3 Å². The van der Waals surface area contributed by atoms with Crippen molar-refractivity contribution < 1.29 is 0 Å². The molecule has 0 fully saturated rings. The molecule has 0 bridgehead atoms. The van der Waals surface area contributed by atoms with Crippen molar-refractivity contribution in [3.63, 3.8) is 0 Å². The first-order valence-electron chi connectivity index (χ1n) is 6.15. The number of rotatable bonds is 1. The van der Waals surface area contributed by atoms with Gasteiger partial charge in [0.1, 0.15) is 0 Å². The van der Waals surface area contributed by atoms with Crippen LogP contribution in [-0.4, -0.2) is 4.98 Å². The summed E-state index contributed by atoms with van der Waals surface area (Å²) < 4.78 is 0. The van der Waals surface area contributed by atoms with Gasteiger partial charge in [0.25, 0.3) is 0 Å². The number of hydrogen-bond donors (Lipinski definition) is 1. The van der Waals surface area contributed by atoms with Crippen LogP contribution in [0.5, 0.6) is 0 Å². The van der Waals surface area contributed by atoms with Gasteiger partial charge in [0.15, 0.2) is 0 Å². The van der Waals surface area contributed by atoms with E-state index in [2.05, 4.69) is 39.6 Å². The lowest BCUT2D eigenvalue weighted by Crippen LogP contribution is -2.14. The third kappa shape index (κ3) is 1.73. The molecule has 84 valence electrons. The maximum atomic E-state index is 3.69. The van der Waals surface area contributed by atoms with Gasteiger partial charge in [-0.2, -0.15) is 0 Å². The molecule has 0 aliphatic heterocycles. The summed E-state index contributed by atoms with van der Waals surface area (Å²) in [5.74, 6) is 0.632. The number of aromatic nitrogens is 1. The van der Waals surface area contributed by atoms with Crippen molar-refractivity contribution >= 4 is 0 Å². The average molecular weight is 205 g/mol. The Kier molecular flexibility index (Phi) is 2.44. The normalized spacial score (nSPS) is 16.1. The minimum atomic E-state index is 0.265. The van der Waals surface area contributed by atoms with Crippen LogP contribution in [0.3, 0.4) is 0 Å². The van der Waals surface area contributed by atoms with Crippen molar-refractivity contribution in [3.05, 3.63) is 22.5 Å². The largest absolute Gasteiger partial charge is 0.361 e. The topological polar surface area (TPSA) is 15.8 Å². The molecule has 1 aromatic rings. The van der Waals surface area contributed by atoms with Crippen LogP contribution in [0.4, 0.5) is 0 Å². The number of H-pyrrole nitrogens is 1. The van der Waals surface area contributed by atoms with E-state index in [1.54, 1.807) is 11.1 Å². The monoisotopic (exact) mass is 205 g/mol. The van der Waals surface area contributed by atoms with Crippen LogP contribution in [0.25, 0.3) is 0 Å². The first-order chi connectivity index (χ1) is 6.91. The smallest absolute Gasteiger partial charge is 0.0239 e. The zero-order chi connectivity index (χ0) is 11.2. The second kappa shape index (κ2) is 3.40. The molecule has 0 amide bonds. The van der Waals surface area contributed by atoms with Crippen LogP contribution in [0.1, 0.15) is 69.5 Å². The molecule has 1 aliphatic carbocycles. The first-order valence-corrected chi connectivity index (χ1v) is 6.15. The van der Waals surface area contributed by atoms with Gasteiger partial charge in [-0.05, 0) is 36.3 Å². The highest BCUT2D eigenvalue weighted by Gasteiger charge is 2.28. The standard InChI is InChI=1S/C14H23N/c1-9(2)12-10-7-6-8-11(10)13(15-12)14(3,4)5/h9,15H,6-8H2,1-5H3. The van der Waals surface area contributed by atoms with E-state index in [1.807, 2.05) is 0 Å². The van der Waals surface area contributed by atoms with Gasteiger partial charge in [-0.25, -0.2) is 0 Å². The van der Waals surface area contributed by atoms with Crippen molar-refractivity contribution in [2.24, 2.45) is 0 Å². The molecule has 1 heteroatoms. The van der Waals surface area contributed by atoms with Gasteiger partial charge >= 0.3 is 0 Å². The van der Waals surface area contributed by atoms with Crippen LogP contribution in [0.15, 0.2) is 0 Å². The quantitative estimate of drug-likeness (QED) is 0.715. The van der Waals surface area contributed by atoms with Crippen molar-refractivity contribution in [1.82, 2.24) is 4.98 Å². The van der Waals surface area contributed by atoms with Gasteiger partial charge in [-0.3, -0.25) is 0 Å². The molecular weight excluding hydrogens is 182 g/mol. The molecular formula is C14H23N. The van der Waals surface area contributed by atoms with Crippen molar-refractivity contribution in [2.45, 2.75) is 65.2 Å². The van der Waals surface area contributed by atoms with E-state index in [-0.39, 0.29) is 5.41 Å². The molecule has 0 aromatic carbocycles. The summed E-state index contributed by atoms with van der Waals surface area (Å²) in [5.41, 5.74) is 6.51. The molecule has 0 saturated carbocycles. The van der Waals surface area contributed by atoms with Gasteiger partial charge in [0.2, 0.25) is 0 Å². The zero-order valence-corrected chi connectivity index (χ0v) is 10.7. The number of nitrogens with one attached hydrogen (secondary N) is 1. The van der Waals surface area contributed by atoms with Crippen LogP contribution in [0, 0.1) is 0 Å². The van der Waals surface area contributed by atoms with E-state index in [9.17, 15) is 0 Å². The van der Waals surface area contributed by atoms with E-state index >= 15 is 0 Å².